The van der Waals surface area contributed by atoms with E-state index in [0.29, 0.717) is 11.6 Å². The van der Waals surface area contributed by atoms with Gasteiger partial charge in [-0.15, -0.1) is 0 Å². The number of fused-ring (bicyclic) bond motifs is 2. The lowest BCUT2D eigenvalue weighted by atomic mass is 10.1. The monoisotopic (exact) mass is 409 g/mol. The summed E-state index contributed by atoms with van der Waals surface area (Å²) in [6.45, 7) is 8.47. The van der Waals surface area contributed by atoms with Crippen molar-refractivity contribution in [3.05, 3.63) is 67.4 Å². The number of anilines is 1. The summed E-state index contributed by atoms with van der Waals surface area (Å²) in [6.07, 6.45) is 8.16. The highest BCUT2D eigenvalue weighted by atomic mass is 15.2. The van der Waals surface area contributed by atoms with E-state index < -0.39 is 0 Å². The van der Waals surface area contributed by atoms with Gasteiger partial charge in [0.15, 0.2) is 5.65 Å². The number of aromatic nitrogens is 6. The zero-order valence-electron chi connectivity index (χ0n) is 17.5. The van der Waals surface area contributed by atoms with E-state index >= 15 is 0 Å². The van der Waals surface area contributed by atoms with Crippen molar-refractivity contribution in [2.75, 3.05) is 5.32 Å². The normalized spacial score (nSPS) is 11.5. The highest BCUT2D eigenvalue weighted by Crippen LogP contribution is 2.31. The maximum absolute atomic E-state index is 4.55. The summed E-state index contributed by atoms with van der Waals surface area (Å²) in [4.78, 5) is 16.7. The summed E-state index contributed by atoms with van der Waals surface area (Å²) in [7, 11) is 0. The molecular formula is C24H23N7. The summed E-state index contributed by atoms with van der Waals surface area (Å²) >= 11 is 0. The Labute approximate surface area is 179 Å². The molecule has 0 aromatic carbocycles. The Morgan fingerprint density at radius 2 is 1.97 bits per heavy atom. The van der Waals surface area contributed by atoms with Gasteiger partial charge in [-0.1, -0.05) is 20.4 Å². The minimum atomic E-state index is 0.544. The van der Waals surface area contributed by atoms with Crippen LogP contribution in [0.2, 0.25) is 0 Å². The molecule has 7 nitrogen and oxygen atoms in total. The fourth-order valence-corrected chi connectivity index (χ4v) is 3.77. The number of allylic oxidation sites excluding steroid dienone is 1. The predicted molar refractivity (Wildman–Crippen MR) is 124 cm³/mol. The number of rotatable bonds is 6. The van der Waals surface area contributed by atoms with Crippen molar-refractivity contribution in [1.29, 1.82) is 0 Å². The van der Waals surface area contributed by atoms with Crippen LogP contribution in [0.4, 0.5) is 5.69 Å². The van der Waals surface area contributed by atoms with Crippen molar-refractivity contribution in [3.63, 3.8) is 0 Å². The van der Waals surface area contributed by atoms with Crippen LogP contribution >= 0.6 is 0 Å². The fourth-order valence-electron chi connectivity index (χ4n) is 3.77. The van der Waals surface area contributed by atoms with Gasteiger partial charge >= 0.3 is 0 Å². The molecule has 5 aromatic heterocycles. The van der Waals surface area contributed by atoms with Crippen LogP contribution in [0.3, 0.4) is 0 Å². The van der Waals surface area contributed by atoms with Gasteiger partial charge in [0.2, 0.25) is 0 Å². The van der Waals surface area contributed by atoms with Crippen molar-refractivity contribution in [2.24, 2.45) is 5.92 Å². The maximum atomic E-state index is 4.55. The standard InChI is InChI=1S/C24H23N7/c1-14(2)7-15(3)28-19-8-17(11-25-13-19)18-9-20-22(30-31-24(20)27-12-18)21-10-16-5-4-6-26-23(16)29-21/h4-6,8-14,28H,3,7H2,1-2H3,(H,26,29)(H,27,30,31). The predicted octanol–water partition coefficient (Wildman–Crippen LogP) is 5.53. The van der Waals surface area contributed by atoms with E-state index in [-0.39, 0.29) is 0 Å². The van der Waals surface area contributed by atoms with Gasteiger partial charge in [0.25, 0.3) is 0 Å². The van der Waals surface area contributed by atoms with Crippen LogP contribution in [0.25, 0.3) is 44.6 Å². The average Bonchev–Trinajstić information content (AvgIpc) is 3.36. The fraction of sp³-hybridized carbons (Fsp3) is 0.167. The van der Waals surface area contributed by atoms with Gasteiger partial charge in [0.05, 0.1) is 23.3 Å². The average molecular weight is 409 g/mol. The zero-order valence-corrected chi connectivity index (χ0v) is 17.5. The molecule has 5 heterocycles. The number of nitrogens with one attached hydrogen (secondary N) is 3. The first-order valence-corrected chi connectivity index (χ1v) is 10.3. The lowest BCUT2D eigenvalue weighted by molar-refractivity contribution is 0.645. The molecule has 0 aliphatic rings. The van der Waals surface area contributed by atoms with Gasteiger partial charge in [-0.25, -0.2) is 9.97 Å². The Morgan fingerprint density at radius 1 is 1.10 bits per heavy atom. The number of H-pyrrole nitrogens is 2. The smallest absolute Gasteiger partial charge is 0.181 e. The van der Waals surface area contributed by atoms with E-state index in [1.165, 1.54) is 0 Å². The van der Waals surface area contributed by atoms with Gasteiger partial charge in [0.1, 0.15) is 5.65 Å². The van der Waals surface area contributed by atoms with Crippen LogP contribution in [0.5, 0.6) is 0 Å². The van der Waals surface area contributed by atoms with Crippen molar-refractivity contribution in [1.82, 2.24) is 30.1 Å². The van der Waals surface area contributed by atoms with Crippen molar-refractivity contribution in [2.45, 2.75) is 20.3 Å². The van der Waals surface area contributed by atoms with E-state index in [1.54, 1.807) is 6.20 Å². The third-order valence-electron chi connectivity index (χ3n) is 5.12. The number of hydrogen-bond acceptors (Lipinski definition) is 5. The molecule has 0 spiro atoms. The Balaban J connectivity index is 1.51. The van der Waals surface area contributed by atoms with E-state index in [0.717, 1.165) is 56.7 Å². The molecule has 5 rings (SSSR count). The summed E-state index contributed by atoms with van der Waals surface area (Å²) < 4.78 is 0. The van der Waals surface area contributed by atoms with Gasteiger partial charge in [-0.2, -0.15) is 5.10 Å². The van der Waals surface area contributed by atoms with Gasteiger partial charge < -0.3 is 10.3 Å². The van der Waals surface area contributed by atoms with Crippen LogP contribution in [0.1, 0.15) is 20.3 Å². The summed E-state index contributed by atoms with van der Waals surface area (Å²) in [5.74, 6) is 0.544. The minimum Gasteiger partial charge on any atom is -0.358 e. The zero-order chi connectivity index (χ0) is 21.4. The molecule has 5 aromatic rings. The first kappa shape index (κ1) is 19.0. The van der Waals surface area contributed by atoms with E-state index in [1.807, 2.05) is 30.7 Å². The van der Waals surface area contributed by atoms with E-state index in [9.17, 15) is 0 Å². The number of pyridine rings is 3. The maximum Gasteiger partial charge on any atom is 0.181 e. The second-order valence-electron chi connectivity index (χ2n) is 8.11. The molecule has 31 heavy (non-hydrogen) atoms. The lowest BCUT2D eigenvalue weighted by Crippen LogP contribution is -2.02. The summed E-state index contributed by atoms with van der Waals surface area (Å²) in [5, 5.41) is 12.8. The minimum absolute atomic E-state index is 0.544. The third-order valence-corrected chi connectivity index (χ3v) is 5.12. The molecule has 0 saturated carbocycles. The second kappa shape index (κ2) is 7.68. The molecule has 0 amide bonds. The quantitative estimate of drug-likeness (QED) is 0.342. The van der Waals surface area contributed by atoms with Crippen LogP contribution in [0.15, 0.2) is 67.4 Å². The van der Waals surface area contributed by atoms with Gasteiger partial charge in [-0.05, 0) is 42.7 Å². The molecule has 0 saturated heterocycles. The first-order chi connectivity index (χ1) is 15.1. The lowest BCUT2D eigenvalue weighted by Gasteiger charge is -2.12. The van der Waals surface area contributed by atoms with E-state index in [4.69, 9.17) is 0 Å². The van der Waals surface area contributed by atoms with Crippen LogP contribution in [0, 0.1) is 5.92 Å². The molecule has 7 heteroatoms. The van der Waals surface area contributed by atoms with Crippen molar-refractivity contribution >= 4 is 27.8 Å². The Kier molecular flexibility index (Phi) is 4.71. The van der Waals surface area contributed by atoms with Crippen LogP contribution in [-0.4, -0.2) is 30.1 Å². The molecule has 0 atom stereocenters. The van der Waals surface area contributed by atoms with Gasteiger partial charge in [-0.3, -0.25) is 10.1 Å². The first-order valence-electron chi connectivity index (χ1n) is 10.3. The molecule has 0 aliphatic heterocycles. The SMILES string of the molecule is C=C(CC(C)C)Nc1cncc(-c2cnc3n[nH]c(-c4cc5cccnc5[nH]4)c3c2)c1. The van der Waals surface area contributed by atoms with Crippen LogP contribution < -0.4 is 5.32 Å². The molecule has 154 valence electrons. The highest BCUT2D eigenvalue weighted by molar-refractivity contribution is 5.95. The molecule has 0 radical (unpaired) electrons. The Morgan fingerprint density at radius 3 is 2.81 bits per heavy atom. The van der Waals surface area contributed by atoms with Crippen molar-refractivity contribution in [3.8, 4) is 22.5 Å². The van der Waals surface area contributed by atoms with Gasteiger partial charge in [0, 0.05) is 46.2 Å². The molecule has 0 bridgehead atoms. The molecular weight excluding hydrogens is 386 g/mol. The number of nitrogens with zero attached hydrogens (tertiary/aromatic N) is 4. The molecule has 3 N–H and O–H groups in total. The largest absolute Gasteiger partial charge is 0.358 e. The molecule has 0 unspecified atom stereocenters. The third kappa shape index (κ3) is 3.77. The number of aromatic amines is 2. The second-order valence-corrected chi connectivity index (χ2v) is 8.11. The summed E-state index contributed by atoms with van der Waals surface area (Å²) in [6, 6.07) is 10.2. The van der Waals surface area contributed by atoms with Crippen molar-refractivity contribution < 1.29 is 0 Å². The number of hydrogen-bond donors (Lipinski definition) is 3. The molecule has 0 fully saturated rings. The Bertz CT molecular complexity index is 1360. The topological polar surface area (TPSA) is 95.2 Å². The summed E-state index contributed by atoms with van der Waals surface area (Å²) in [5.41, 5.74) is 7.15. The Hall–Kier alpha value is -4.00. The van der Waals surface area contributed by atoms with Crippen LogP contribution in [-0.2, 0) is 0 Å². The highest BCUT2D eigenvalue weighted by Gasteiger charge is 2.13. The van der Waals surface area contributed by atoms with E-state index in [2.05, 4.69) is 74.1 Å². The molecule has 0 aliphatic carbocycles.